The lowest BCUT2D eigenvalue weighted by Gasteiger charge is -2.27. The summed E-state index contributed by atoms with van der Waals surface area (Å²) < 4.78 is 25.8. The van der Waals surface area contributed by atoms with Crippen LogP contribution in [-0.2, 0) is 16.6 Å². The maximum absolute atomic E-state index is 12.9. The second-order valence-corrected chi connectivity index (χ2v) is 9.53. The van der Waals surface area contributed by atoms with Gasteiger partial charge in [-0.2, -0.15) is 0 Å². The van der Waals surface area contributed by atoms with Crippen molar-refractivity contribution in [3.8, 4) is 0 Å². The van der Waals surface area contributed by atoms with E-state index in [1.807, 2.05) is 29.2 Å². The Hall–Kier alpha value is -2.61. The summed E-state index contributed by atoms with van der Waals surface area (Å²) in [6.45, 7) is 2.56. The molecule has 2 saturated heterocycles. The van der Waals surface area contributed by atoms with E-state index in [1.54, 1.807) is 18.3 Å². The molecule has 29 heavy (non-hydrogen) atoms. The van der Waals surface area contributed by atoms with Crippen LogP contribution in [0.3, 0.4) is 0 Å². The number of benzene rings is 1. The second kappa shape index (κ2) is 8.41. The first kappa shape index (κ1) is 19.7. The summed E-state index contributed by atoms with van der Waals surface area (Å²) in [5.41, 5.74) is 2.20. The molecule has 0 aliphatic carbocycles. The van der Waals surface area contributed by atoms with Crippen LogP contribution in [0.25, 0.3) is 0 Å². The van der Waals surface area contributed by atoms with Crippen molar-refractivity contribution in [2.24, 2.45) is 0 Å². The number of nitrogens with zero attached hydrogens (tertiary/aromatic N) is 3. The first-order valence-electron chi connectivity index (χ1n) is 10.1. The molecule has 0 spiro atoms. The van der Waals surface area contributed by atoms with Crippen molar-refractivity contribution in [1.29, 1.82) is 0 Å². The topological polar surface area (TPSA) is 82.6 Å². The van der Waals surface area contributed by atoms with E-state index < -0.39 is 10.0 Å². The first-order chi connectivity index (χ1) is 14.0. The fourth-order valence-corrected chi connectivity index (χ4v) is 5.48. The van der Waals surface area contributed by atoms with Gasteiger partial charge in [-0.15, -0.1) is 0 Å². The molecule has 0 bridgehead atoms. The van der Waals surface area contributed by atoms with Crippen LogP contribution < -0.4 is 9.62 Å². The van der Waals surface area contributed by atoms with Crippen molar-refractivity contribution < 1.29 is 13.2 Å². The van der Waals surface area contributed by atoms with Crippen molar-refractivity contribution in [1.82, 2.24) is 9.88 Å². The lowest BCUT2D eigenvalue weighted by atomic mass is 10.1. The van der Waals surface area contributed by atoms with Crippen LogP contribution in [0.5, 0.6) is 0 Å². The monoisotopic (exact) mass is 414 g/mol. The van der Waals surface area contributed by atoms with Gasteiger partial charge in [0, 0.05) is 32.4 Å². The van der Waals surface area contributed by atoms with Crippen molar-refractivity contribution in [2.45, 2.75) is 32.2 Å². The minimum Gasteiger partial charge on any atom is -0.365 e. The molecule has 1 amide bonds. The predicted octanol–water partition coefficient (Wildman–Crippen LogP) is 2.86. The van der Waals surface area contributed by atoms with Crippen molar-refractivity contribution in [3.63, 3.8) is 0 Å². The molecule has 0 radical (unpaired) electrons. The van der Waals surface area contributed by atoms with Gasteiger partial charge in [-0.1, -0.05) is 12.1 Å². The number of carbonyl (C=O) groups excluding carboxylic acids is 1. The highest BCUT2D eigenvalue weighted by molar-refractivity contribution is 7.93. The smallest absolute Gasteiger partial charge is 0.257 e. The van der Waals surface area contributed by atoms with Crippen LogP contribution in [0.1, 0.15) is 41.6 Å². The Morgan fingerprint density at radius 1 is 1.03 bits per heavy atom. The van der Waals surface area contributed by atoms with Crippen LogP contribution in [0, 0.1) is 0 Å². The van der Waals surface area contributed by atoms with Crippen molar-refractivity contribution >= 4 is 27.4 Å². The molecule has 1 aromatic heterocycles. The largest absolute Gasteiger partial charge is 0.365 e. The zero-order chi connectivity index (χ0) is 20.3. The van der Waals surface area contributed by atoms with Crippen molar-refractivity contribution in [3.05, 3.63) is 53.7 Å². The lowest BCUT2D eigenvalue weighted by Crippen LogP contribution is -2.36. The SMILES string of the molecule is O=C(c1cccnc1NCc1cccc(N2CCCS2(=O)=O)c1)N1CCCCC1. The number of hydrogen-bond acceptors (Lipinski definition) is 5. The minimum atomic E-state index is -3.20. The molecule has 2 aromatic rings. The Balaban J connectivity index is 1.49. The fourth-order valence-electron chi connectivity index (χ4n) is 3.92. The van der Waals surface area contributed by atoms with Crippen LogP contribution in [-0.4, -0.2) is 49.6 Å². The number of amides is 1. The van der Waals surface area contributed by atoms with Gasteiger partial charge in [-0.05, 0) is 55.5 Å². The van der Waals surface area contributed by atoms with Crippen LogP contribution in [0.4, 0.5) is 11.5 Å². The standard InChI is InChI=1S/C21H26N4O3S/c26-21(24-11-2-1-3-12-24)19-9-5-10-22-20(19)23-16-17-7-4-8-18(15-17)25-13-6-14-29(25,27)28/h4-5,7-10,15H,1-3,6,11-14,16H2,(H,22,23). The predicted molar refractivity (Wildman–Crippen MR) is 114 cm³/mol. The highest BCUT2D eigenvalue weighted by Crippen LogP contribution is 2.25. The number of aromatic nitrogens is 1. The summed E-state index contributed by atoms with van der Waals surface area (Å²) in [6.07, 6.45) is 5.58. The van der Waals surface area contributed by atoms with E-state index in [9.17, 15) is 13.2 Å². The number of nitrogens with one attached hydrogen (secondary N) is 1. The third kappa shape index (κ3) is 4.37. The molecule has 154 valence electrons. The number of rotatable bonds is 5. The molecular formula is C21H26N4O3S. The summed E-state index contributed by atoms with van der Waals surface area (Å²) in [5.74, 6) is 0.769. The Morgan fingerprint density at radius 2 is 1.86 bits per heavy atom. The quantitative estimate of drug-likeness (QED) is 0.814. The van der Waals surface area contributed by atoms with Gasteiger partial charge in [-0.3, -0.25) is 9.10 Å². The van der Waals surface area contributed by atoms with Gasteiger partial charge in [0.25, 0.3) is 5.91 Å². The maximum atomic E-state index is 12.9. The number of piperidine rings is 1. The zero-order valence-electron chi connectivity index (χ0n) is 16.4. The average Bonchev–Trinajstić information content (AvgIpc) is 3.12. The number of sulfonamides is 1. The molecule has 4 rings (SSSR count). The molecule has 3 heterocycles. The third-order valence-corrected chi connectivity index (χ3v) is 7.31. The number of likely N-dealkylation sites (tertiary alicyclic amines) is 1. The van der Waals surface area contributed by atoms with Gasteiger partial charge in [0.05, 0.1) is 17.0 Å². The average molecular weight is 415 g/mol. The van der Waals surface area contributed by atoms with Gasteiger partial charge in [0.15, 0.2) is 0 Å². The number of carbonyl (C=O) groups is 1. The molecule has 1 aromatic carbocycles. The Morgan fingerprint density at radius 3 is 2.62 bits per heavy atom. The normalized spacial score (nSPS) is 18.6. The third-order valence-electron chi connectivity index (χ3n) is 5.44. The molecule has 2 aliphatic rings. The Kier molecular flexibility index (Phi) is 5.71. The van der Waals surface area contributed by atoms with Gasteiger partial charge >= 0.3 is 0 Å². The molecule has 8 heteroatoms. The zero-order valence-corrected chi connectivity index (χ0v) is 17.2. The maximum Gasteiger partial charge on any atom is 0.257 e. The van der Waals surface area contributed by atoms with Gasteiger partial charge < -0.3 is 10.2 Å². The second-order valence-electron chi connectivity index (χ2n) is 7.52. The van der Waals surface area contributed by atoms with Gasteiger partial charge in [-0.25, -0.2) is 13.4 Å². The van der Waals surface area contributed by atoms with Crippen LogP contribution >= 0.6 is 0 Å². The van der Waals surface area contributed by atoms with E-state index in [-0.39, 0.29) is 11.7 Å². The summed E-state index contributed by atoms with van der Waals surface area (Å²) in [7, 11) is -3.20. The lowest BCUT2D eigenvalue weighted by molar-refractivity contribution is 0.0725. The molecular weight excluding hydrogens is 388 g/mol. The van der Waals surface area contributed by atoms with Crippen molar-refractivity contribution in [2.75, 3.05) is 35.0 Å². The fraction of sp³-hybridized carbons (Fsp3) is 0.429. The molecule has 1 N–H and O–H groups in total. The number of pyridine rings is 1. The van der Waals surface area contributed by atoms with E-state index in [2.05, 4.69) is 10.3 Å². The number of hydrogen-bond donors (Lipinski definition) is 1. The van der Waals surface area contributed by atoms with Gasteiger partial charge in [0.1, 0.15) is 5.82 Å². The van der Waals surface area contributed by atoms with E-state index in [1.165, 1.54) is 10.7 Å². The van der Waals surface area contributed by atoms with Crippen LogP contribution in [0.2, 0.25) is 0 Å². The Bertz CT molecular complexity index is 987. The molecule has 2 aliphatic heterocycles. The number of anilines is 2. The summed E-state index contributed by atoms with van der Waals surface area (Å²) >= 11 is 0. The highest BCUT2D eigenvalue weighted by atomic mass is 32.2. The molecule has 0 unspecified atom stereocenters. The molecule has 0 atom stereocenters. The molecule has 2 fully saturated rings. The summed E-state index contributed by atoms with van der Waals surface area (Å²) in [4.78, 5) is 19.2. The Labute approximate surface area is 171 Å². The van der Waals surface area contributed by atoms with E-state index >= 15 is 0 Å². The summed E-state index contributed by atoms with van der Waals surface area (Å²) in [6, 6.07) is 11.1. The van der Waals surface area contributed by atoms with Gasteiger partial charge in [0.2, 0.25) is 10.0 Å². The van der Waals surface area contributed by atoms with E-state index in [0.717, 1.165) is 31.5 Å². The first-order valence-corrected chi connectivity index (χ1v) is 11.7. The van der Waals surface area contributed by atoms with E-state index in [4.69, 9.17) is 0 Å². The van der Waals surface area contributed by atoms with Crippen LogP contribution in [0.15, 0.2) is 42.6 Å². The highest BCUT2D eigenvalue weighted by Gasteiger charge is 2.28. The molecule has 7 nitrogen and oxygen atoms in total. The summed E-state index contributed by atoms with van der Waals surface area (Å²) in [5, 5.41) is 3.26. The minimum absolute atomic E-state index is 0.0113. The molecule has 0 saturated carbocycles. The van der Waals surface area contributed by atoms with E-state index in [0.29, 0.717) is 36.6 Å².